The van der Waals surface area contributed by atoms with Crippen LogP contribution in [0.1, 0.15) is 57.1 Å². The fraction of sp³-hybridized carbons (Fsp3) is 0.727. The van der Waals surface area contributed by atoms with Crippen molar-refractivity contribution in [3.63, 3.8) is 0 Å². The number of aromatic nitrogens is 1. The quantitative estimate of drug-likeness (QED) is 0.664. The van der Waals surface area contributed by atoms with E-state index in [1.54, 1.807) is 11.0 Å². The predicted octanol–water partition coefficient (Wildman–Crippen LogP) is 2.60. The van der Waals surface area contributed by atoms with Crippen molar-refractivity contribution < 1.29 is 27.1 Å². The number of carbonyl (C=O) groups is 1. The molecule has 2 fully saturated rings. The SMILES string of the molecule is C[C@@H]1C[C@H](NS(C)(=O)=O)[C@@H]2COC3CCC(CC3)c3ccc(F)c(n3)NCCCOC(=O)N12. The molecule has 2 N–H and O–H groups in total. The first-order chi connectivity index (χ1) is 15.7. The van der Waals surface area contributed by atoms with Crippen LogP contribution in [0.5, 0.6) is 0 Å². The zero-order chi connectivity index (χ0) is 23.6. The summed E-state index contributed by atoms with van der Waals surface area (Å²) in [5.41, 5.74) is 0.876. The van der Waals surface area contributed by atoms with Gasteiger partial charge in [0, 0.05) is 30.2 Å². The van der Waals surface area contributed by atoms with Crippen molar-refractivity contribution in [2.45, 2.75) is 75.6 Å². The van der Waals surface area contributed by atoms with Gasteiger partial charge in [0.15, 0.2) is 11.6 Å². The molecule has 4 heterocycles. The molecule has 0 unspecified atom stereocenters. The maximum atomic E-state index is 14.2. The summed E-state index contributed by atoms with van der Waals surface area (Å²) in [6.45, 7) is 2.68. The monoisotopic (exact) mass is 484 g/mol. The zero-order valence-corrected chi connectivity index (χ0v) is 19.9. The molecule has 1 amide bonds. The summed E-state index contributed by atoms with van der Waals surface area (Å²) in [5.74, 6) is 0.0718. The third kappa shape index (κ3) is 5.93. The van der Waals surface area contributed by atoms with E-state index in [0.717, 1.165) is 37.6 Å². The summed E-state index contributed by atoms with van der Waals surface area (Å²) in [7, 11) is -3.44. The van der Waals surface area contributed by atoms with Crippen LogP contribution in [0, 0.1) is 5.82 Å². The normalized spacial score (nSPS) is 31.4. The van der Waals surface area contributed by atoms with E-state index in [1.807, 2.05) is 6.92 Å². The second-order valence-electron chi connectivity index (χ2n) is 9.32. The van der Waals surface area contributed by atoms with Gasteiger partial charge in [-0.2, -0.15) is 0 Å². The van der Waals surface area contributed by atoms with Crippen LogP contribution in [0.4, 0.5) is 15.0 Å². The molecular weight excluding hydrogens is 451 g/mol. The first-order valence-electron chi connectivity index (χ1n) is 11.7. The largest absolute Gasteiger partial charge is 0.449 e. The van der Waals surface area contributed by atoms with Crippen LogP contribution in [0.15, 0.2) is 12.1 Å². The number of nitrogens with one attached hydrogen (secondary N) is 2. The molecule has 0 spiro atoms. The van der Waals surface area contributed by atoms with Crippen molar-refractivity contribution in [2.24, 2.45) is 0 Å². The van der Waals surface area contributed by atoms with Crippen LogP contribution in [0.25, 0.3) is 0 Å². The molecule has 5 rings (SSSR count). The zero-order valence-electron chi connectivity index (χ0n) is 19.1. The highest BCUT2D eigenvalue weighted by Gasteiger charge is 2.44. The summed E-state index contributed by atoms with van der Waals surface area (Å²) in [6.07, 6.45) is 5.02. The minimum absolute atomic E-state index is 0.0163. The second-order valence-corrected chi connectivity index (χ2v) is 11.1. The van der Waals surface area contributed by atoms with Crippen LogP contribution >= 0.6 is 0 Å². The van der Waals surface area contributed by atoms with Crippen molar-refractivity contribution in [1.29, 1.82) is 0 Å². The molecule has 1 aromatic rings. The average Bonchev–Trinajstić information content (AvgIpc) is 3.06. The van der Waals surface area contributed by atoms with Crippen molar-refractivity contribution in [3.05, 3.63) is 23.6 Å². The van der Waals surface area contributed by atoms with E-state index in [0.29, 0.717) is 19.4 Å². The first kappa shape index (κ1) is 24.2. The maximum absolute atomic E-state index is 14.2. The smallest absolute Gasteiger partial charge is 0.410 e. The van der Waals surface area contributed by atoms with E-state index in [-0.39, 0.29) is 37.1 Å². The highest BCUT2D eigenvalue weighted by Crippen LogP contribution is 2.35. The van der Waals surface area contributed by atoms with Gasteiger partial charge in [0.05, 0.1) is 31.6 Å². The third-order valence-electron chi connectivity index (χ3n) is 6.77. The summed E-state index contributed by atoms with van der Waals surface area (Å²) in [6, 6.07) is 2.13. The molecule has 1 saturated heterocycles. The lowest BCUT2D eigenvalue weighted by atomic mass is 9.85. The van der Waals surface area contributed by atoms with Crippen molar-refractivity contribution in [2.75, 3.05) is 31.3 Å². The standard InChI is InChI=1S/C22H33FN4O5S/c1-14-12-19(26-33(2,29)30)20-13-32-16-6-4-15(5-7-16)18-9-8-17(23)21(25-18)24-10-3-11-31-22(28)27(14)20/h8-9,14-16,19-20,26H,3-7,10-13H2,1-2H3,(H,24,25)/t14-,15?,16?,19+,20+/m1/s1. The molecule has 3 atom stereocenters. The van der Waals surface area contributed by atoms with Gasteiger partial charge in [-0.25, -0.2) is 27.3 Å². The molecule has 0 aromatic carbocycles. The Morgan fingerprint density at radius 1 is 1.24 bits per heavy atom. The number of nitrogens with zero attached hydrogens (tertiary/aromatic N) is 2. The summed E-state index contributed by atoms with van der Waals surface area (Å²) >= 11 is 0. The average molecular weight is 485 g/mol. The highest BCUT2D eigenvalue weighted by molar-refractivity contribution is 7.88. The minimum atomic E-state index is -3.44. The molecule has 1 saturated carbocycles. The number of ether oxygens (including phenoxy) is 2. The predicted molar refractivity (Wildman–Crippen MR) is 121 cm³/mol. The van der Waals surface area contributed by atoms with E-state index >= 15 is 0 Å². The van der Waals surface area contributed by atoms with E-state index in [2.05, 4.69) is 15.0 Å². The fourth-order valence-electron chi connectivity index (χ4n) is 5.15. The van der Waals surface area contributed by atoms with E-state index in [1.165, 1.54) is 6.07 Å². The Morgan fingerprint density at radius 3 is 2.73 bits per heavy atom. The second kappa shape index (κ2) is 10.1. The van der Waals surface area contributed by atoms with Crippen LogP contribution in [0.3, 0.4) is 0 Å². The molecule has 3 aliphatic heterocycles. The van der Waals surface area contributed by atoms with E-state index in [9.17, 15) is 17.6 Å². The molecule has 184 valence electrons. The Morgan fingerprint density at radius 2 is 2.00 bits per heavy atom. The van der Waals surface area contributed by atoms with E-state index < -0.39 is 34.0 Å². The topological polar surface area (TPSA) is 110 Å². The van der Waals surface area contributed by atoms with Gasteiger partial charge >= 0.3 is 6.09 Å². The van der Waals surface area contributed by atoms with Crippen molar-refractivity contribution in [3.8, 4) is 0 Å². The Labute approximate surface area is 194 Å². The van der Waals surface area contributed by atoms with Crippen LogP contribution in [-0.4, -0.2) is 74.6 Å². The third-order valence-corrected chi connectivity index (χ3v) is 7.50. The van der Waals surface area contributed by atoms with Gasteiger partial charge in [0.2, 0.25) is 10.0 Å². The Kier molecular flexibility index (Phi) is 7.40. The number of hydrogen-bond donors (Lipinski definition) is 2. The number of halogens is 1. The van der Waals surface area contributed by atoms with Gasteiger partial charge in [-0.05, 0) is 57.6 Å². The van der Waals surface area contributed by atoms with Gasteiger partial charge < -0.3 is 14.8 Å². The maximum Gasteiger partial charge on any atom is 0.410 e. The number of amides is 1. The van der Waals surface area contributed by atoms with E-state index in [4.69, 9.17) is 9.47 Å². The van der Waals surface area contributed by atoms with Gasteiger partial charge in [0.25, 0.3) is 0 Å². The van der Waals surface area contributed by atoms with Crippen LogP contribution in [0.2, 0.25) is 0 Å². The molecule has 11 heteroatoms. The minimum Gasteiger partial charge on any atom is -0.449 e. The lowest BCUT2D eigenvalue weighted by molar-refractivity contribution is -0.0105. The molecule has 1 aliphatic carbocycles. The Balaban J connectivity index is 1.53. The van der Waals surface area contributed by atoms with Crippen LogP contribution < -0.4 is 10.0 Å². The summed E-state index contributed by atoms with van der Waals surface area (Å²) < 4.78 is 52.4. The molecule has 0 radical (unpaired) electrons. The van der Waals surface area contributed by atoms with Gasteiger partial charge in [-0.15, -0.1) is 0 Å². The number of rotatable bonds is 2. The Hall–Kier alpha value is -1.98. The molecule has 4 aliphatic rings. The number of pyridine rings is 1. The summed E-state index contributed by atoms with van der Waals surface area (Å²) in [5, 5.41) is 3.01. The molecule has 1 aromatic heterocycles. The summed E-state index contributed by atoms with van der Waals surface area (Å²) in [4.78, 5) is 19.0. The molecule has 33 heavy (non-hydrogen) atoms. The number of fused-ring (bicyclic) bond motifs is 8. The van der Waals surface area contributed by atoms with Crippen LogP contribution in [-0.2, 0) is 19.5 Å². The number of sulfonamides is 1. The molecule has 4 bridgehead atoms. The van der Waals surface area contributed by atoms with Crippen molar-refractivity contribution in [1.82, 2.24) is 14.6 Å². The Bertz CT molecular complexity index is 954. The molecule has 9 nitrogen and oxygen atoms in total. The number of carbonyl (C=O) groups excluding carboxylic acids is 1. The number of anilines is 1. The number of hydrogen-bond acceptors (Lipinski definition) is 7. The highest BCUT2D eigenvalue weighted by atomic mass is 32.2. The molecular formula is C22H33FN4O5S. The van der Waals surface area contributed by atoms with Gasteiger partial charge in [-0.3, -0.25) is 4.90 Å². The lowest BCUT2D eigenvalue weighted by Gasteiger charge is -2.33. The van der Waals surface area contributed by atoms with Gasteiger partial charge in [-0.1, -0.05) is 0 Å². The van der Waals surface area contributed by atoms with Crippen molar-refractivity contribution >= 4 is 21.9 Å². The fourth-order valence-corrected chi connectivity index (χ4v) is 5.96. The first-order valence-corrected chi connectivity index (χ1v) is 13.5. The van der Waals surface area contributed by atoms with Gasteiger partial charge in [0.1, 0.15) is 0 Å². The lowest BCUT2D eigenvalue weighted by Crippen LogP contribution is -2.50.